The van der Waals surface area contributed by atoms with Crippen LogP contribution in [0.4, 0.5) is 20.2 Å². The molecule has 3 N–H and O–H groups in total. The number of rotatable bonds is 4. The largest absolute Gasteiger partial charge is 0.496 e. The van der Waals surface area contributed by atoms with Gasteiger partial charge in [-0.3, -0.25) is 0 Å². The highest BCUT2D eigenvalue weighted by molar-refractivity contribution is 5.66. The molecule has 0 heterocycles. The lowest BCUT2D eigenvalue weighted by Gasteiger charge is -2.12. The molecule has 2 rings (SSSR count). The summed E-state index contributed by atoms with van der Waals surface area (Å²) in [4.78, 5) is 0. The van der Waals surface area contributed by atoms with E-state index in [4.69, 9.17) is 10.5 Å². The van der Waals surface area contributed by atoms with Crippen molar-refractivity contribution in [3.8, 4) is 5.75 Å². The maximum Gasteiger partial charge on any atom is 0.148 e. The summed E-state index contributed by atoms with van der Waals surface area (Å²) >= 11 is 0. The topological polar surface area (TPSA) is 47.3 Å². The van der Waals surface area contributed by atoms with Crippen molar-refractivity contribution in [1.29, 1.82) is 0 Å². The molecule has 100 valence electrons. The molecular formula is C14H14F2N2O. The maximum atomic E-state index is 13.6. The molecule has 0 radical (unpaired) electrons. The van der Waals surface area contributed by atoms with Crippen molar-refractivity contribution < 1.29 is 13.5 Å². The Morgan fingerprint density at radius 3 is 2.68 bits per heavy atom. The lowest BCUT2D eigenvalue weighted by molar-refractivity contribution is 0.409. The molecule has 0 atom stereocenters. The van der Waals surface area contributed by atoms with Crippen LogP contribution in [0.1, 0.15) is 5.56 Å². The summed E-state index contributed by atoms with van der Waals surface area (Å²) in [6.45, 7) is 0.214. The average molecular weight is 264 g/mol. The molecule has 0 fully saturated rings. The molecule has 2 aromatic carbocycles. The van der Waals surface area contributed by atoms with E-state index in [1.165, 1.54) is 37.4 Å². The van der Waals surface area contributed by atoms with E-state index in [-0.39, 0.29) is 18.0 Å². The van der Waals surface area contributed by atoms with E-state index in [1.807, 2.05) is 0 Å². The highest BCUT2D eigenvalue weighted by atomic mass is 19.1. The fourth-order valence-corrected chi connectivity index (χ4v) is 1.80. The number of halogens is 2. The van der Waals surface area contributed by atoms with Crippen molar-refractivity contribution >= 4 is 11.4 Å². The van der Waals surface area contributed by atoms with Crippen molar-refractivity contribution in [2.75, 3.05) is 18.2 Å². The molecule has 0 aliphatic heterocycles. The lowest BCUT2D eigenvalue weighted by Crippen LogP contribution is -2.06. The summed E-state index contributed by atoms with van der Waals surface area (Å²) in [5.41, 5.74) is 6.77. The van der Waals surface area contributed by atoms with Crippen molar-refractivity contribution in [2.45, 2.75) is 6.54 Å². The molecule has 5 heteroatoms. The Balaban J connectivity index is 2.21. The minimum absolute atomic E-state index is 0.203. The summed E-state index contributed by atoms with van der Waals surface area (Å²) in [5.74, 6) is -0.293. The van der Waals surface area contributed by atoms with Crippen molar-refractivity contribution in [3.63, 3.8) is 0 Å². The molecule has 0 aromatic heterocycles. The second kappa shape index (κ2) is 5.56. The molecule has 0 saturated heterocycles. The maximum absolute atomic E-state index is 13.6. The number of benzene rings is 2. The van der Waals surface area contributed by atoms with E-state index in [0.717, 1.165) is 0 Å². The molecule has 3 nitrogen and oxygen atoms in total. The Morgan fingerprint density at radius 2 is 2.00 bits per heavy atom. The number of methoxy groups -OCH3 is 1. The van der Waals surface area contributed by atoms with Gasteiger partial charge in [0.15, 0.2) is 0 Å². The Kier molecular flexibility index (Phi) is 3.85. The first kappa shape index (κ1) is 13.1. The standard InChI is InChI=1S/C14H14F2N2O/c1-19-13-6-5-10(15)7-9(13)8-18-14-11(16)3-2-4-12(14)17/h2-7,18H,8,17H2,1H3. The second-order valence-electron chi connectivity index (χ2n) is 4.01. The highest BCUT2D eigenvalue weighted by Crippen LogP contribution is 2.25. The molecule has 2 aromatic rings. The zero-order chi connectivity index (χ0) is 13.8. The van der Waals surface area contributed by atoms with Crippen LogP contribution in [0.5, 0.6) is 5.75 Å². The van der Waals surface area contributed by atoms with Gasteiger partial charge in [0.1, 0.15) is 17.4 Å². The van der Waals surface area contributed by atoms with Gasteiger partial charge in [-0.2, -0.15) is 0 Å². The Morgan fingerprint density at radius 1 is 1.21 bits per heavy atom. The van der Waals surface area contributed by atoms with Crippen LogP contribution in [-0.4, -0.2) is 7.11 Å². The zero-order valence-electron chi connectivity index (χ0n) is 10.4. The number of hydrogen-bond acceptors (Lipinski definition) is 3. The fourth-order valence-electron chi connectivity index (χ4n) is 1.80. The summed E-state index contributed by atoms with van der Waals surface area (Å²) in [5, 5.41) is 2.85. The normalized spacial score (nSPS) is 10.3. The smallest absolute Gasteiger partial charge is 0.148 e. The third-order valence-electron chi connectivity index (χ3n) is 2.74. The summed E-state index contributed by atoms with van der Waals surface area (Å²) in [6, 6.07) is 8.59. The van der Waals surface area contributed by atoms with Gasteiger partial charge in [0, 0.05) is 12.1 Å². The van der Waals surface area contributed by atoms with Gasteiger partial charge in [-0.05, 0) is 30.3 Å². The van der Waals surface area contributed by atoms with E-state index >= 15 is 0 Å². The Bertz CT molecular complexity index is 567. The van der Waals surface area contributed by atoms with Crippen LogP contribution in [0, 0.1) is 11.6 Å². The quantitative estimate of drug-likeness (QED) is 0.834. The van der Waals surface area contributed by atoms with Crippen LogP contribution in [-0.2, 0) is 6.54 Å². The van der Waals surface area contributed by atoms with Gasteiger partial charge in [0.2, 0.25) is 0 Å². The monoisotopic (exact) mass is 264 g/mol. The molecular weight excluding hydrogens is 250 g/mol. The number of nitrogen functional groups attached to an aromatic ring is 1. The van der Waals surface area contributed by atoms with Gasteiger partial charge in [0.25, 0.3) is 0 Å². The van der Waals surface area contributed by atoms with Crippen LogP contribution in [0.15, 0.2) is 36.4 Å². The molecule has 0 saturated carbocycles. The first-order chi connectivity index (χ1) is 9.11. The molecule has 0 bridgehead atoms. The lowest BCUT2D eigenvalue weighted by atomic mass is 10.2. The Hall–Kier alpha value is -2.30. The van der Waals surface area contributed by atoms with Gasteiger partial charge >= 0.3 is 0 Å². The van der Waals surface area contributed by atoms with E-state index in [1.54, 1.807) is 6.07 Å². The van der Waals surface area contributed by atoms with E-state index in [0.29, 0.717) is 17.0 Å². The van der Waals surface area contributed by atoms with E-state index < -0.39 is 5.82 Å². The number of hydrogen-bond donors (Lipinski definition) is 2. The number of para-hydroxylation sites is 1. The number of anilines is 2. The van der Waals surface area contributed by atoms with Gasteiger partial charge in [-0.25, -0.2) is 8.78 Å². The molecule has 0 aliphatic rings. The van der Waals surface area contributed by atoms with Gasteiger partial charge in [0.05, 0.1) is 18.5 Å². The summed E-state index contributed by atoms with van der Waals surface area (Å²) in [7, 11) is 1.49. The zero-order valence-corrected chi connectivity index (χ0v) is 10.4. The molecule has 0 spiro atoms. The molecule has 19 heavy (non-hydrogen) atoms. The summed E-state index contributed by atoms with van der Waals surface area (Å²) in [6.07, 6.45) is 0. The van der Waals surface area contributed by atoms with Crippen molar-refractivity contribution in [1.82, 2.24) is 0 Å². The van der Waals surface area contributed by atoms with Crippen LogP contribution in [0.25, 0.3) is 0 Å². The fraction of sp³-hybridized carbons (Fsp3) is 0.143. The van der Waals surface area contributed by atoms with Crippen LogP contribution in [0.3, 0.4) is 0 Å². The predicted molar refractivity (Wildman–Crippen MR) is 71.1 cm³/mol. The number of ether oxygens (including phenoxy) is 1. The third kappa shape index (κ3) is 2.93. The minimum atomic E-state index is -0.449. The molecule has 0 aliphatic carbocycles. The van der Waals surface area contributed by atoms with Crippen LogP contribution in [0.2, 0.25) is 0 Å². The third-order valence-corrected chi connectivity index (χ3v) is 2.74. The first-order valence-electron chi connectivity index (χ1n) is 5.72. The first-order valence-corrected chi connectivity index (χ1v) is 5.72. The van der Waals surface area contributed by atoms with E-state index in [9.17, 15) is 8.78 Å². The molecule has 0 amide bonds. The van der Waals surface area contributed by atoms with Crippen LogP contribution >= 0.6 is 0 Å². The average Bonchev–Trinajstić information content (AvgIpc) is 2.38. The van der Waals surface area contributed by atoms with Crippen molar-refractivity contribution in [2.24, 2.45) is 0 Å². The van der Waals surface area contributed by atoms with Crippen molar-refractivity contribution in [3.05, 3.63) is 53.6 Å². The van der Waals surface area contributed by atoms with Gasteiger partial charge in [-0.15, -0.1) is 0 Å². The second-order valence-corrected chi connectivity index (χ2v) is 4.01. The molecule has 0 unspecified atom stereocenters. The SMILES string of the molecule is COc1ccc(F)cc1CNc1c(N)cccc1F. The summed E-state index contributed by atoms with van der Waals surface area (Å²) < 4.78 is 31.9. The van der Waals surface area contributed by atoms with Crippen LogP contribution < -0.4 is 15.8 Å². The number of nitrogens with one attached hydrogen (secondary N) is 1. The highest BCUT2D eigenvalue weighted by Gasteiger charge is 2.08. The Labute approximate surface area is 110 Å². The van der Waals surface area contributed by atoms with E-state index in [2.05, 4.69) is 5.32 Å². The van der Waals surface area contributed by atoms with Gasteiger partial charge < -0.3 is 15.8 Å². The minimum Gasteiger partial charge on any atom is -0.496 e. The number of nitrogens with two attached hydrogens (primary N) is 1. The predicted octanol–water partition coefficient (Wildman–Crippen LogP) is 3.17. The van der Waals surface area contributed by atoms with Gasteiger partial charge in [-0.1, -0.05) is 6.07 Å².